The fourth-order valence-corrected chi connectivity index (χ4v) is 3.11. The monoisotopic (exact) mass is 389 g/mol. The molecule has 0 spiro atoms. The Kier molecular flexibility index (Phi) is 7.43. The van der Waals surface area contributed by atoms with Crippen molar-refractivity contribution in [3.05, 3.63) is 51.7 Å². The van der Waals surface area contributed by atoms with Crippen molar-refractivity contribution >= 4 is 29.3 Å². The third kappa shape index (κ3) is 5.86. The van der Waals surface area contributed by atoms with Crippen LogP contribution in [0.2, 0.25) is 0 Å². The van der Waals surface area contributed by atoms with Crippen LogP contribution in [0.5, 0.6) is 11.5 Å². The smallest absolute Gasteiger partial charge is 0.331 e. The number of carbonyl (C=O) groups is 2. The van der Waals surface area contributed by atoms with Crippen LogP contribution in [-0.2, 0) is 20.9 Å². The first-order valence-electron chi connectivity index (χ1n) is 8.36. The Hall–Kier alpha value is -2.80. The summed E-state index contributed by atoms with van der Waals surface area (Å²) in [5.41, 5.74) is 1.93. The van der Waals surface area contributed by atoms with E-state index in [9.17, 15) is 9.59 Å². The van der Waals surface area contributed by atoms with E-state index in [1.165, 1.54) is 24.3 Å². The van der Waals surface area contributed by atoms with Crippen molar-refractivity contribution in [2.75, 3.05) is 14.2 Å². The first-order chi connectivity index (χ1) is 12.9. The first kappa shape index (κ1) is 20.5. The molecule has 0 unspecified atom stereocenters. The number of thiophene rings is 1. The number of hydrogen-bond donors (Lipinski definition) is 1. The van der Waals surface area contributed by atoms with Gasteiger partial charge in [-0.05, 0) is 54.6 Å². The molecule has 1 aromatic carbocycles. The Morgan fingerprint density at radius 1 is 1.19 bits per heavy atom. The van der Waals surface area contributed by atoms with E-state index in [1.54, 1.807) is 32.4 Å². The van der Waals surface area contributed by atoms with Crippen LogP contribution in [0.25, 0.3) is 6.08 Å². The van der Waals surface area contributed by atoms with Gasteiger partial charge in [0.15, 0.2) is 17.6 Å². The molecule has 0 saturated carbocycles. The zero-order chi connectivity index (χ0) is 19.8. The van der Waals surface area contributed by atoms with Crippen LogP contribution in [0.3, 0.4) is 0 Å². The van der Waals surface area contributed by atoms with Gasteiger partial charge >= 0.3 is 5.97 Å². The summed E-state index contributed by atoms with van der Waals surface area (Å²) in [7, 11) is 3.11. The second-order valence-electron chi connectivity index (χ2n) is 5.79. The minimum Gasteiger partial charge on any atom is -0.493 e. The highest BCUT2D eigenvalue weighted by Gasteiger charge is 2.16. The van der Waals surface area contributed by atoms with E-state index in [1.807, 2.05) is 24.4 Å². The molecule has 7 heteroatoms. The number of aryl methyl sites for hydroxylation is 1. The Morgan fingerprint density at radius 3 is 2.56 bits per heavy atom. The van der Waals surface area contributed by atoms with Crippen molar-refractivity contribution in [2.24, 2.45) is 0 Å². The maximum absolute atomic E-state index is 12.2. The number of nitrogens with one attached hydrogen (secondary N) is 1. The summed E-state index contributed by atoms with van der Waals surface area (Å²) in [4.78, 5) is 25.0. The fourth-order valence-electron chi connectivity index (χ4n) is 2.29. The number of ether oxygens (including phenoxy) is 3. The molecule has 1 heterocycles. The second-order valence-corrected chi connectivity index (χ2v) is 6.74. The Balaban J connectivity index is 1.85. The molecule has 0 saturated heterocycles. The van der Waals surface area contributed by atoms with Gasteiger partial charge in [-0.3, -0.25) is 4.79 Å². The fraction of sp³-hybridized carbons (Fsp3) is 0.300. The number of hydrogen-bond acceptors (Lipinski definition) is 6. The van der Waals surface area contributed by atoms with Gasteiger partial charge in [-0.2, -0.15) is 0 Å². The van der Waals surface area contributed by atoms with E-state index < -0.39 is 12.1 Å². The lowest BCUT2D eigenvalue weighted by Crippen LogP contribution is -2.35. The van der Waals surface area contributed by atoms with Gasteiger partial charge in [-0.25, -0.2) is 4.79 Å². The van der Waals surface area contributed by atoms with Gasteiger partial charge in [-0.1, -0.05) is 6.07 Å². The molecule has 1 amide bonds. The molecule has 0 aliphatic rings. The third-order valence-electron chi connectivity index (χ3n) is 3.85. The summed E-state index contributed by atoms with van der Waals surface area (Å²) in [6, 6.07) is 7.34. The number of carbonyl (C=O) groups excluding carboxylic acids is 2. The highest BCUT2D eigenvalue weighted by Crippen LogP contribution is 2.27. The Bertz CT molecular complexity index is 828. The summed E-state index contributed by atoms with van der Waals surface area (Å²) in [5, 5.41) is 4.69. The molecule has 0 bridgehead atoms. The average Bonchev–Trinajstić information content (AvgIpc) is 3.08. The van der Waals surface area contributed by atoms with Gasteiger partial charge in [0, 0.05) is 17.5 Å². The quantitative estimate of drug-likeness (QED) is 0.554. The molecule has 6 nitrogen and oxygen atoms in total. The summed E-state index contributed by atoms with van der Waals surface area (Å²) < 4.78 is 15.6. The highest BCUT2D eigenvalue weighted by atomic mass is 32.1. The predicted octanol–water partition coefficient (Wildman–Crippen LogP) is 3.34. The van der Waals surface area contributed by atoms with Gasteiger partial charge in [0.25, 0.3) is 5.91 Å². The summed E-state index contributed by atoms with van der Waals surface area (Å²) in [6.07, 6.45) is 2.12. The van der Waals surface area contributed by atoms with Crippen molar-refractivity contribution in [1.82, 2.24) is 5.32 Å². The lowest BCUT2D eigenvalue weighted by Gasteiger charge is -2.13. The molecule has 0 fully saturated rings. The van der Waals surface area contributed by atoms with Crippen LogP contribution in [-0.4, -0.2) is 32.2 Å². The molecule has 1 aromatic heterocycles. The van der Waals surface area contributed by atoms with E-state index in [4.69, 9.17) is 14.2 Å². The standard InChI is InChI=1S/C20H23NO5S/c1-13-9-10-27-18(13)7-8-19(22)26-14(2)20(23)21-12-15-5-6-16(24-3)17(11-15)25-4/h5-11,14H,12H2,1-4H3,(H,21,23)/b8-7+/t14-/m1/s1. The van der Waals surface area contributed by atoms with E-state index in [2.05, 4.69) is 5.32 Å². The molecular formula is C20H23NO5S. The molecule has 2 aromatic rings. The zero-order valence-corrected chi connectivity index (χ0v) is 16.6. The molecule has 0 aliphatic carbocycles. The summed E-state index contributed by atoms with van der Waals surface area (Å²) in [6.45, 7) is 3.78. The first-order valence-corrected chi connectivity index (χ1v) is 9.24. The van der Waals surface area contributed by atoms with Gasteiger partial charge in [0.05, 0.1) is 14.2 Å². The summed E-state index contributed by atoms with van der Waals surface area (Å²) in [5.74, 6) is 0.260. The lowest BCUT2D eigenvalue weighted by molar-refractivity contribution is -0.150. The van der Waals surface area contributed by atoms with Crippen LogP contribution in [0.1, 0.15) is 22.9 Å². The van der Waals surface area contributed by atoms with E-state index >= 15 is 0 Å². The maximum Gasteiger partial charge on any atom is 0.331 e. The largest absolute Gasteiger partial charge is 0.493 e. The van der Waals surface area contributed by atoms with Crippen LogP contribution in [0.15, 0.2) is 35.7 Å². The van der Waals surface area contributed by atoms with Crippen LogP contribution in [0.4, 0.5) is 0 Å². The minimum atomic E-state index is -0.897. The van der Waals surface area contributed by atoms with Gasteiger partial charge < -0.3 is 19.5 Å². The molecular weight excluding hydrogens is 366 g/mol. The number of methoxy groups -OCH3 is 2. The van der Waals surface area contributed by atoms with Crippen LogP contribution >= 0.6 is 11.3 Å². The molecule has 2 rings (SSSR count). The van der Waals surface area contributed by atoms with E-state index in [0.717, 1.165) is 16.0 Å². The maximum atomic E-state index is 12.2. The second kappa shape index (κ2) is 9.78. The number of benzene rings is 1. The van der Waals surface area contributed by atoms with Crippen LogP contribution in [0, 0.1) is 6.92 Å². The Morgan fingerprint density at radius 2 is 1.93 bits per heavy atom. The van der Waals surface area contributed by atoms with Crippen LogP contribution < -0.4 is 14.8 Å². The average molecular weight is 389 g/mol. The lowest BCUT2D eigenvalue weighted by atomic mass is 10.2. The molecule has 0 radical (unpaired) electrons. The van der Waals surface area contributed by atoms with Gasteiger partial charge in [-0.15, -0.1) is 11.3 Å². The van der Waals surface area contributed by atoms with Crippen molar-refractivity contribution in [3.8, 4) is 11.5 Å². The zero-order valence-electron chi connectivity index (χ0n) is 15.8. The highest BCUT2D eigenvalue weighted by molar-refractivity contribution is 7.11. The van der Waals surface area contributed by atoms with E-state index in [-0.39, 0.29) is 12.5 Å². The van der Waals surface area contributed by atoms with Crippen molar-refractivity contribution in [3.63, 3.8) is 0 Å². The number of rotatable bonds is 8. The minimum absolute atomic E-state index is 0.283. The molecule has 0 aliphatic heterocycles. The molecule has 27 heavy (non-hydrogen) atoms. The normalized spacial score (nSPS) is 11.9. The number of esters is 1. The summed E-state index contributed by atoms with van der Waals surface area (Å²) >= 11 is 1.53. The molecule has 144 valence electrons. The SMILES string of the molecule is COc1ccc(CNC(=O)[C@@H](C)OC(=O)/C=C/c2sccc2C)cc1OC. The molecule has 1 N–H and O–H groups in total. The predicted molar refractivity (Wildman–Crippen MR) is 105 cm³/mol. The van der Waals surface area contributed by atoms with E-state index in [0.29, 0.717) is 11.5 Å². The van der Waals surface area contributed by atoms with Crippen molar-refractivity contribution in [2.45, 2.75) is 26.5 Å². The third-order valence-corrected chi connectivity index (χ3v) is 4.83. The van der Waals surface area contributed by atoms with Crippen molar-refractivity contribution in [1.29, 1.82) is 0 Å². The number of amides is 1. The topological polar surface area (TPSA) is 73.9 Å². The Labute approximate surface area is 162 Å². The van der Waals surface area contributed by atoms with Gasteiger partial charge in [0.2, 0.25) is 0 Å². The van der Waals surface area contributed by atoms with Gasteiger partial charge in [0.1, 0.15) is 0 Å². The molecule has 1 atom stereocenters. The van der Waals surface area contributed by atoms with Crippen molar-refractivity contribution < 1.29 is 23.8 Å².